The van der Waals surface area contributed by atoms with Gasteiger partial charge in [0, 0.05) is 20.5 Å². The molecular weight excluding hydrogens is 423 g/mol. The summed E-state index contributed by atoms with van der Waals surface area (Å²) in [5.74, 6) is -0.288. The molecule has 1 fully saturated rings. The van der Waals surface area contributed by atoms with Gasteiger partial charge in [0.25, 0.3) is 12.3 Å². The van der Waals surface area contributed by atoms with E-state index in [-0.39, 0.29) is 36.3 Å². The van der Waals surface area contributed by atoms with Crippen LogP contribution in [0.4, 0.5) is 13.2 Å². The number of rotatable bonds is 6. The van der Waals surface area contributed by atoms with Crippen molar-refractivity contribution in [3.8, 4) is 11.6 Å². The van der Waals surface area contributed by atoms with Crippen molar-refractivity contribution >= 4 is 17.5 Å². The molecule has 2 aliphatic rings. The Labute approximate surface area is 175 Å². The monoisotopic (exact) mass is 441 g/mol. The molecule has 0 N–H and O–H groups in total. The highest BCUT2D eigenvalue weighted by atomic mass is 35.5. The van der Waals surface area contributed by atoms with E-state index in [1.807, 2.05) is 0 Å². The van der Waals surface area contributed by atoms with E-state index < -0.39 is 22.9 Å². The Morgan fingerprint density at radius 2 is 2.13 bits per heavy atom. The predicted molar refractivity (Wildman–Crippen MR) is 102 cm³/mol. The van der Waals surface area contributed by atoms with Crippen LogP contribution in [0.2, 0.25) is 0 Å². The molecule has 2 aromatic heterocycles. The van der Waals surface area contributed by atoms with Crippen molar-refractivity contribution in [3.63, 3.8) is 0 Å². The van der Waals surface area contributed by atoms with Gasteiger partial charge in [-0.25, -0.2) is 17.9 Å². The third kappa shape index (κ3) is 3.64. The van der Waals surface area contributed by atoms with Crippen LogP contribution in [-0.4, -0.2) is 50.2 Å². The van der Waals surface area contributed by atoms with Crippen molar-refractivity contribution in [1.82, 2.24) is 24.8 Å². The smallest absolute Gasteiger partial charge is 0.282 e. The highest BCUT2D eigenvalue weighted by Gasteiger charge is 2.53. The van der Waals surface area contributed by atoms with Crippen molar-refractivity contribution in [3.05, 3.63) is 41.1 Å². The lowest BCUT2D eigenvalue weighted by molar-refractivity contribution is -0.129. The largest absolute Gasteiger partial charge is 0.347 e. The quantitative estimate of drug-likeness (QED) is 0.637. The third-order valence-electron chi connectivity index (χ3n) is 5.34. The zero-order valence-electron chi connectivity index (χ0n) is 16.3. The number of aromatic nitrogens is 4. The first-order valence-electron chi connectivity index (χ1n) is 9.32. The van der Waals surface area contributed by atoms with Crippen molar-refractivity contribution in [2.75, 3.05) is 14.1 Å². The molecular formula is C19H19ClF3N5O2. The molecule has 2 aliphatic carbocycles. The van der Waals surface area contributed by atoms with Gasteiger partial charge in [-0.2, -0.15) is 10.1 Å². The van der Waals surface area contributed by atoms with Gasteiger partial charge in [-0.3, -0.25) is 4.79 Å². The number of amides is 1. The van der Waals surface area contributed by atoms with E-state index in [1.165, 1.54) is 11.0 Å². The molecule has 0 aromatic carbocycles. The Morgan fingerprint density at radius 3 is 2.73 bits per heavy atom. The van der Waals surface area contributed by atoms with E-state index in [2.05, 4.69) is 15.2 Å². The van der Waals surface area contributed by atoms with Gasteiger partial charge >= 0.3 is 0 Å². The number of carbonyl (C=O) groups excluding carboxylic acids is 1. The van der Waals surface area contributed by atoms with E-state index in [0.717, 1.165) is 29.2 Å². The molecule has 2 heterocycles. The molecule has 2 aromatic rings. The predicted octanol–water partition coefficient (Wildman–Crippen LogP) is 3.78. The summed E-state index contributed by atoms with van der Waals surface area (Å²) >= 11 is 6.35. The second-order valence-corrected chi connectivity index (χ2v) is 8.14. The van der Waals surface area contributed by atoms with Gasteiger partial charge in [0.05, 0.1) is 10.8 Å². The van der Waals surface area contributed by atoms with Crippen LogP contribution in [0.3, 0.4) is 0 Å². The fraction of sp³-hybridized carbons (Fsp3) is 0.474. The fourth-order valence-electron chi connectivity index (χ4n) is 3.49. The Balaban J connectivity index is 1.68. The number of halogens is 4. The maximum absolute atomic E-state index is 13.5. The maximum Gasteiger partial charge on any atom is 0.282 e. The molecule has 1 amide bonds. The normalized spacial score (nSPS) is 20.2. The second kappa shape index (κ2) is 7.57. The van der Waals surface area contributed by atoms with Gasteiger partial charge in [0.2, 0.25) is 5.91 Å². The Kier molecular flexibility index (Phi) is 5.21. The molecule has 4 rings (SSSR count). The lowest BCUT2D eigenvalue weighted by atomic mass is 9.88. The highest BCUT2D eigenvalue weighted by molar-refractivity contribution is 6.22. The average molecular weight is 442 g/mol. The van der Waals surface area contributed by atoms with E-state index in [1.54, 1.807) is 20.2 Å². The summed E-state index contributed by atoms with van der Waals surface area (Å²) in [5, 5.41) is 7.34. The maximum atomic E-state index is 13.5. The molecule has 160 valence electrons. The molecule has 0 spiro atoms. The van der Waals surface area contributed by atoms with Gasteiger partial charge in [0.1, 0.15) is 23.8 Å². The third-order valence-corrected chi connectivity index (χ3v) is 5.73. The molecule has 30 heavy (non-hydrogen) atoms. The summed E-state index contributed by atoms with van der Waals surface area (Å²) in [6.45, 7) is -0.253. The standard InChI is InChI=1S/C19H19ClF3N5O2/c1-27(2)15(29)9-28-14(8-13(25-28)16(22)23)17-24-18(26-30-17)19(5-6-19)11-4-3-10(21)7-12(11)20/h3-4,8,12,16H,5-7,9H2,1-2H3. The van der Waals surface area contributed by atoms with Crippen molar-refractivity contribution in [2.24, 2.45) is 0 Å². The van der Waals surface area contributed by atoms with Crippen LogP contribution in [0.1, 0.15) is 37.2 Å². The lowest BCUT2D eigenvalue weighted by Crippen LogP contribution is -2.27. The molecule has 0 aliphatic heterocycles. The van der Waals surface area contributed by atoms with Crippen LogP contribution in [0, 0.1) is 0 Å². The van der Waals surface area contributed by atoms with Gasteiger partial charge < -0.3 is 9.42 Å². The molecule has 0 radical (unpaired) electrons. The van der Waals surface area contributed by atoms with Crippen molar-refractivity contribution < 1.29 is 22.5 Å². The van der Waals surface area contributed by atoms with Gasteiger partial charge in [0.15, 0.2) is 5.82 Å². The van der Waals surface area contributed by atoms with Crippen LogP contribution in [0.5, 0.6) is 0 Å². The highest BCUT2D eigenvalue weighted by Crippen LogP contribution is 2.56. The van der Waals surface area contributed by atoms with Crippen molar-refractivity contribution in [2.45, 2.75) is 43.0 Å². The van der Waals surface area contributed by atoms with Crippen LogP contribution in [-0.2, 0) is 16.8 Å². The molecule has 1 saturated carbocycles. The number of nitrogens with zero attached hydrogens (tertiary/aromatic N) is 5. The second-order valence-electron chi connectivity index (χ2n) is 7.61. The minimum absolute atomic E-state index is 0.0218. The van der Waals surface area contributed by atoms with Crippen LogP contribution < -0.4 is 0 Å². The van der Waals surface area contributed by atoms with Crippen molar-refractivity contribution in [1.29, 1.82) is 0 Å². The summed E-state index contributed by atoms with van der Waals surface area (Å²) in [6.07, 6.45) is 1.74. The SMILES string of the molecule is CN(C)C(=O)Cn1nc(C(F)F)cc1-c1nc(C2(C3=CC=C(F)CC3Cl)CC2)no1. The minimum atomic E-state index is -2.82. The van der Waals surface area contributed by atoms with Crippen LogP contribution in [0.15, 0.2) is 34.1 Å². The number of carbonyl (C=O) groups is 1. The minimum Gasteiger partial charge on any atom is -0.347 e. The van der Waals surface area contributed by atoms with E-state index >= 15 is 0 Å². The lowest BCUT2D eigenvalue weighted by Gasteiger charge is -2.22. The van der Waals surface area contributed by atoms with E-state index in [9.17, 15) is 18.0 Å². The summed E-state index contributed by atoms with van der Waals surface area (Å²) in [6, 6.07) is 1.13. The number of allylic oxidation sites excluding steroid dienone is 4. The Morgan fingerprint density at radius 1 is 1.40 bits per heavy atom. The first kappa shape index (κ1) is 20.6. The zero-order chi connectivity index (χ0) is 21.6. The average Bonchev–Trinajstić information content (AvgIpc) is 3.12. The number of hydrogen-bond donors (Lipinski definition) is 0. The van der Waals surface area contributed by atoms with E-state index in [0.29, 0.717) is 5.82 Å². The number of alkyl halides is 3. The van der Waals surface area contributed by atoms with Crippen LogP contribution >= 0.6 is 11.6 Å². The summed E-state index contributed by atoms with van der Waals surface area (Å²) in [5.41, 5.74) is -0.112. The summed E-state index contributed by atoms with van der Waals surface area (Å²) < 4.78 is 46.4. The van der Waals surface area contributed by atoms with Gasteiger partial charge in [-0.1, -0.05) is 11.2 Å². The first-order chi connectivity index (χ1) is 14.2. The Hall–Kier alpha value is -2.62. The molecule has 7 nitrogen and oxygen atoms in total. The number of hydrogen-bond acceptors (Lipinski definition) is 5. The summed E-state index contributed by atoms with van der Waals surface area (Å²) in [7, 11) is 3.11. The summed E-state index contributed by atoms with van der Waals surface area (Å²) in [4.78, 5) is 17.8. The molecule has 0 saturated heterocycles. The number of likely N-dealkylation sites (N-methyl/N-ethyl adjacent to an activating group) is 1. The van der Waals surface area contributed by atoms with E-state index in [4.69, 9.17) is 16.1 Å². The molecule has 1 atom stereocenters. The Bertz CT molecular complexity index is 1040. The van der Waals surface area contributed by atoms with Gasteiger partial charge in [-0.15, -0.1) is 11.6 Å². The molecule has 1 unspecified atom stereocenters. The van der Waals surface area contributed by atoms with Gasteiger partial charge in [-0.05, 0) is 30.6 Å². The molecule has 0 bridgehead atoms. The first-order valence-corrected chi connectivity index (χ1v) is 9.76. The zero-order valence-corrected chi connectivity index (χ0v) is 17.0. The topological polar surface area (TPSA) is 77.1 Å². The fourth-order valence-corrected chi connectivity index (χ4v) is 3.92. The van der Waals surface area contributed by atoms with Crippen LogP contribution in [0.25, 0.3) is 11.6 Å². The molecule has 11 heteroatoms.